The van der Waals surface area contributed by atoms with E-state index in [2.05, 4.69) is 84.4 Å². The number of aryl methyl sites for hydroxylation is 1. The van der Waals surface area contributed by atoms with E-state index in [1.807, 2.05) is 7.05 Å². The second-order valence-corrected chi connectivity index (χ2v) is 7.38. The number of nitrogens with zero attached hydrogens (tertiary/aromatic N) is 6. The van der Waals surface area contributed by atoms with Crippen molar-refractivity contribution in [2.75, 3.05) is 51.2 Å². The van der Waals surface area contributed by atoms with Crippen molar-refractivity contribution >= 4 is 11.6 Å². The third-order valence-corrected chi connectivity index (χ3v) is 5.50. The number of rotatable bonds is 8. The average Bonchev–Trinajstić information content (AvgIpc) is 3.24. The van der Waals surface area contributed by atoms with E-state index in [9.17, 15) is 0 Å². The first-order chi connectivity index (χ1) is 14.2. The first-order valence-corrected chi connectivity index (χ1v) is 10.6. The Morgan fingerprint density at radius 3 is 2.59 bits per heavy atom. The lowest BCUT2D eigenvalue weighted by molar-refractivity contribution is 0.197. The molecule has 8 heteroatoms. The number of hydrogen-bond donors (Lipinski definition) is 2. The maximum atomic E-state index is 4.35. The molecule has 1 unspecified atom stereocenters. The van der Waals surface area contributed by atoms with Gasteiger partial charge in [-0.1, -0.05) is 25.1 Å². The van der Waals surface area contributed by atoms with Crippen LogP contribution in [0.4, 0.5) is 5.69 Å². The van der Waals surface area contributed by atoms with Gasteiger partial charge in [0.25, 0.3) is 0 Å². The van der Waals surface area contributed by atoms with E-state index in [0.29, 0.717) is 6.04 Å². The Morgan fingerprint density at radius 1 is 1.14 bits per heavy atom. The molecule has 0 bridgehead atoms. The summed E-state index contributed by atoms with van der Waals surface area (Å²) in [6, 6.07) is 11.1. The average molecular weight is 399 g/mol. The first kappa shape index (κ1) is 21.1. The molecule has 2 heterocycles. The fourth-order valence-corrected chi connectivity index (χ4v) is 3.69. The minimum absolute atomic E-state index is 0.455. The van der Waals surface area contributed by atoms with Crippen LogP contribution in [0.15, 0.2) is 41.7 Å². The Hall–Kier alpha value is -2.61. The molecule has 1 aromatic carbocycles. The molecule has 0 amide bonds. The third-order valence-electron chi connectivity index (χ3n) is 5.50. The van der Waals surface area contributed by atoms with Gasteiger partial charge in [-0.05, 0) is 19.1 Å². The summed E-state index contributed by atoms with van der Waals surface area (Å²) in [5.41, 5.74) is 1.32. The number of aromatic nitrogens is 3. The first-order valence-electron chi connectivity index (χ1n) is 10.6. The van der Waals surface area contributed by atoms with Gasteiger partial charge in [-0.25, -0.2) is 0 Å². The summed E-state index contributed by atoms with van der Waals surface area (Å²) in [7, 11) is 1.81. The number of aliphatic imine (C=N–C) groups is 1. The van der Waals surface area contributed by atoms with Crippen LogP contribution in [0.5, 0.6) is 0 Å². The summed E-state index contributed by atoms with van der Waals surface area (Å²) >= 11 is 0. The van der Waals surface area contributed by atoms with E-state index in [1.54, 1.807) is 6.33 Å². The monoisotopic (exact) mass is 398 g/mol. The summed E-state index contributed by atoms with van der Waals surface area (Å²) in [6.45, 7) is 11.2. The zero-order chi connectivity index (χ0) is 20.5. The molecular weight excluding hydrogens is 364 g/mol. The predicted octanol–water partition coefficient (Wildman–Crippen LogP) is 1.22. The summed E-state index contributed by atoms with van der Waals surface area (Å²) in [6.07, 6.45) is 2.68. The molecular formula is C21H34N8. The molecule has 3 rings (SSSR count). The Kier molecular flexibility index (Phi) is 7.86. The number of benzene rings is 1. The van der Waals surface area contributed by atoms with Gasteiger partial charge >= 0.3 is 0 Å². The summed E-state index contributed by atoms with van der Waals surface area (Å²) in [4.78, 5) is 9.36. The van der Waals surface area contributed by atoms with Crippen LogP contribution in [-0.2, 0) is 13.0 Å². The van der Waals surface area contributed by atoms with Crippen molar-refractivity contribution in [3.63, 3.8) is 0 Å². The Bertz CT molecular complexity index is 749. The van der Waals surface area contributed by atoms with E-state index in [-0.39, 0.29) is 0 Å². The van der Waals surface area contributed by atoms with Crippen molar-refractivity contribution in [1.29, 1.82) is 0 Å². The second-order valence-electron chi connectivity index (χ2n) is 7.38. The van der Waals surface area contributed by atoms with Crippen LogP contribution in [0.3, 0.4) is 0 Å². The Morgan fingerprint density at radius 2 is 1.90 bits per heavy atom. The standard InChI is InChI=1S/C21H34N8/c1-4-20-26-25-17-29(20)11-10-23-21(22-3)24-16-18(2)27-12-14-28(15-13-27)19-8-6-5-7-9-19/h5-9,17-18H,4,10-16H2,1-3H3,(H2,22,23,24). The SMILES string of the molecule is CCc1nncn1CCNC(=NC)NCC(C)N1CCN(c2ccccc2)CC1. The van der Waals surface area contributed by atoms with Crippen molar-refractivity contribution in [3.05, 3.63) is 42.5 Å². The minimum atomic E-state index is 0.455. The zero-order valence-electron chi connectivity index (χ0n) is 17.9. The van der Waals surface area contributed by atoms with Gasteiger partial charge < -0.3 is 20.1 Å². The highest BCUT2D eigenvalue weighted by atomic mass is 15.3. The van der Waals surface area contributed by atoms with Crippen LogP contribution in [-0.4, -0.2) is 78.0 Å². The third kappa shape index (κ3) is 5.93. The lowest BCUT2D eigenvalue weighted by Crippen LogP contribution is -2.53. The molecule has 0 spiro atoms. The van der Waals surface area contributed by atoms with E-state index >= 15 is 0 Å². The molecule has 1 fully saturated rings. The van der Waals surface area contributed by atoms with E-state index in [4.69, 9.17) is 0 Å². The van der Waals surface area contributed by atoms with Gasteiger partial charge in [0.15, 0.2) is 5.96 Å². The van der Waals surface area contributed by atoms with Gasteiger partial charge in [-0.3, -0.25) is 9.89 Å². The van der Waals surface area contributed by atoms with E-state index in [0.717, 1.165) is 64.0 Å². The van der Waals surface area contributed by atoms with Gasteiger partial charge in [0, 0.05) is 71.0 Å². The molecule has 2 aromatic rings. The molecule has 8 nitrogen and oxygen atoms in total. The highest BCUT2D eigenvalue weighted by Gasteiger charge is 2.21. The molecule has 1 aliphatic heterocycles. The molecule has 1 aliphatic rings. The normalized spacial score (nSPS) is 16.7. The van der Waals surface area contributed by atoms with Crippen LogP contribution < -0.4 is 15.5 Å². The van der Waals surface area contributed by atoms with Crippen molar-refractivity contribution in [1.82, 2.24) is 30.3 Å². The largest absolute Gasteiger partial charge is 0.369 e. The zero-order valence-corrected chi connectivity index (χ0v) is 17.9. The molecule has 1 atom stereocenters. The van der Waals surface area contributed by atoms with Crippen LogP contribution in [0, 0.1) is 0 Å². The quantitative estimate of drug-likeness (QED) is 0.515. The maximum absolute atomic E-state index is 4.35. The molecule has 29 heavy (non-hydrogen) atoms. The lowest BCUT2D eigenvalue weighted by Gasteiger charge is -2.39. The van der Waals surface area contributed by atoms with Gasteiger partial charge in [0.05, 0.1) is 0 Å². The molecule has 2 N–H and O–H groups in total. The molecule has 0 saturated carbocycles. The molecule has 1 saturated heterocycles. The van der Waals surface area contributed by atoms with Gasteiger partial charge in [0.2, 0.25) is 0 Å². The number of para-hydroxylation sites is 1. The number of piperazine rings is 1. The molecule has 0 radical (unpaired) electrons. The van der Waals surface area contributed by atoms with Crippen LogP contribution in [0.1, 0.15) is 19.7 Å². The lowest BCUT2D eigenvalue weighted by atomic mass is 10.2. The van der Waals surface area contributed by atoms with Gasteiger partial charge in [-0.2, -0.15) is 0 Å². The van der Waals surface area contributed by atoms with Gasteiger partial charge in [-0.15, -0.1) is 10.2 Å². The van der Waals surface area contributed by atoms with E-state index in [1.165, 1.54) is 5.69 Å². The summed E-state index contributed by atoms with van der Waals surface area (Å²) in [5, 5.41) is 14.9. The highest BCUT2D eigenvalue weighted by molar-refractivity contribution is 5.79. The van der Waals surface area contributed by atoms with Crippen molar-refractivity contribution in [2.24, 2.45) is 4.99 Å². The highest BCUT2D eigenvalue weighted by Crippen LogP contribution is 2.16. The van der Waals surface area contributed by atoms with Crippen molar-refractivity contribution < 1.29 is 0 Å². The van der Waals surface area contributed by atoms with Crippen LogP contribution in [0.2, 0.25) is 0 Å². The van der Waals surface area contributed by atoms with Crippen LogP contribution >= 0.6 is 0 Å². The number of guanidine groups is 1. The predicted molar refractivity (Wildman–Crippen MR) is 118 cm³/mol. The molecule has 158 valence electrons. The topological polar surface area (TPSA) is 73.6 Å². The Balaban J connectivity index is 1.37. The molecule has 0 aliphatic carbocycles. The fraction of sp³-hybridized carbons (Fsp3) is 0.571. The second kappa shape index (κ2) is 10.8. The van der Waals surface area contributed by atoms with Crippen molar-refractivity contribution in [3.8, 4) is 0 Å². The minimum Gasteiger partial charge on any atom is -0.369 e. The summed E-state index contributed by atoms with van der Waals surface area (Å²) < 4.78 is 2.08. The smallest absolute Gasteiger partial charge is 0.191 e. The number of anilines is 1. The molecule has 1 aromatic heterocycles. The Labute approximate surface area is 174 Å². The van der Waals surface area contributed by atoms with Crippen LogP contribution in [0.25, 0.3) is 0 Å². The fourth-order valence-electron chi connectivity index (χ4n) is 3.69. The number of hydrogen-bond acceptors (Lipinski definition) is 5. The van der Waals surface area contributed by atoms with Crippen molar-refractivity contribution in [2.45, 2.75) is 32.9 Å². The van der Waals surface area contributed by atoms with E-state index < -0.39 is 0 Å². The van der Waals surface area contributed by atoms with Gasteiger partial charge in [0.1, 0.15) is 12.2 Å². The maximum Gasteiger partial charge on any atom is 0.191 e. The summed E-state index contributed by atoms with van der Waals surface area (Å²) in [5.74, 6) is 1.85. The number of nitrogens with one attached hydrogen (secondary N) is 2.